The molecule has 4 nitrogen and oxygen atoms in total. The zero-order valence-corrected chi connectivity index (χ0v) is 11.1. The monoisotopic (exact) mass is 243 g/mol. The second-order valence-corrected chi connectivity index (χ2v) is 4.83. The SMILES string of the molecule is CCC(CSC)N(C)Cc1cc(CN)no1. The summed E-state index contributed by atoms with van der Waals surface area (Å²) in [5.74, 6) is 2.03. The summed E-state index contributed by atoms with van der Waals surface area (Å²) < 4.78 is 5.22. The Kier molecular flexibility index (Phi) is 5.87. The van der Waals surface area contributed by atoms with Crippen molar-refractivity contribution in [3.8, 4) is 0 Å². The van der Waals surface area contributed by atoms with E-state index in [9.17, 15) is 0 Å². The number of hydrogen-bond acceptors (Lipinski definition) is 5. The molecule has 0 fully saturated rings. The number of rotatable bonds is 7. The zero-order valence-electron chi connectivity index (χ0n) is 10.3. The van der Waals surface area contributed by atoms with Gasteiger partial charge in [0, 0.05) is 24.4 Å². The maximum absolute atomic E-state index is 5.49. The average molecular weight is 243 g/mol. The van der Waals surface area contributed by atoms with Crippen LogP contribution in [0.3, 0.4) is 0 Å². The number of nitrogens with two attached hydrogens (primary N) is 1. The second kappa shape index (κ2) is 6.93. The summed E-state index contributed by atoms with van der Waals surface area (Å²) in [5, 5.41) is 3.89. The van der Waals surface area contributed by atoms with Crippen LogP contribution in [-0.4, -0.2) is 35.2 Å². The maximum atomic E-state index is 5.49. The van der Waals surface area contributed by atoms with Crippen molar-refractivity contribution in [3.05, 3.63) is 17.5 Å². The molecule has 0 aromatic carbocycles. The fourth-order valence-electron chi connectivity index (χ4n) is 1.65. The summed E-state index contributed by atoms with van der Waals surface area (Å²) in [5.41, 5.74) is 6.31. The van der Waals surface area contributed by atoms with E-state index in [1.807, 2.05) is 17.8 Å². The minimum Gasteiger partial charge on any atom is -0.360 e. The van der Waals surface area contributed by atoms with Crippen molar-refractivity contribution in [1.29, 1.82) is 0 Å². The molecule has 0 saturated carbocycles. The third kappa shape index (κ3) is 3.81. The zero-order chi connectivity index (χ0) is 12.0. The first kappa shape index (κ1) is 13.5. The standard InChI is InChI=1S/C11H21N3OS/c1-4-10(8-16-3)14(2)7-11-5-9(6-12)13-15-11/h5,10H,4,6-8,12H2,1-3H3. The summed E-state index contributed by atoms with van der Waals surface area (Å²) in [4.78, 5) is 2.30. The molecule has 0 aliphatic carbocycles. The minimum absolute atomic E-state index is 0.440. The van der Waals surface area contributed by atoms with Crippen molar-refractivity contribution >= 4 is 11.8 Å². The van der Waals surface area contributed by atoms with E-state index in [-0.39, 0.29) is 0 Å². The lowest BCUT2D eigenvalue weighted by molar-refractivity contribution is 0.217. The summed E-state index contributed by atoms with van der Waals surface area (Å²) in [7, 11) is 2.12. The van der Waals surface area contributed by atoms with Crippen molar-refractivity contribution in [3.63, 3.8) is 0 Å². The van der Waals surface area contributed by atoms with Gasteiger partial charge in [-0.3, -0.25) is 4.90 Å². The summed E-state index contributed by atoms with van der Waals surface area (Å²) >= 11 is 1.88. The Balaban J connectivity index is 2.51. The Bertz CT molecular complexity index is 303. The highest BCUT2D eigenvalue weighted by atomic mass is 32.2. The predicted octanol–water partition coefficient (Wildman–Crippen LogP) is 1.71. The molecule has 0 spiro atoms. The summed E-state index contributed by atoms with van der Waals surface area (Å²) in [6.45, 7) is 3.45. The first-order valence-corrected chi connectivity index (χ1v) is 6.94. The van der Waals surface area contributed by atoms with Gasteiger partial charge in [-0.1, -0.05) is 12.1 Å². The number of aromatic nitrogens is 1. The lowest BCUT2D eigenvalue weighted by Crippen LogP contribution is -2.32. The molecule has 1 aromatic heterocycles. The van der Waals surface area contributed by atoms with Crippen LogP contribution in [0.5, 0.6) is 0 Å². The van der Waals surface area contributed by atoms with E-state index in [0.29, 0.717) is 12.6 Å². The second-order valence-electron chi connectivity index (χ2n) is 3.92. The minimum atomic E-state index is 0.440. The van der Waals surface area contributed by atoms with Gasteiger partial charge in [0.1, 0.15) is 0 Å². The molecule has 5 heteroatoms. The average Bonchev–Trinajstić information content (AvgIpc) is 2.73. The highest BCUT2D eigenvalue weighted by Crippen LogP contribution is 2.13. The van der Waals surface area contributed by atoms with E-state index in [1.54, 1.807) is 0 Å². The van der Waals surface area contributed by atoms with Gasteiger partial charge < -0.3 is 10.3 Å². The first-order valence-electron chi connectivity index (χ1n) is 5.55. The number of nitrogens with zero attached hydrogens (tertiary/aromatic N) is 2. The molecule has 0 radical (unpaired) electrons. The molecule has 0 bridgehead atoms. The van der Waals surface area contributed by atoms with Gasteiger partial charge in [-0.05, 0) is 19.7 Å². The van der Waals surface area contributed by atoms with E-state index in [4.69, 9.17) is 10.3 Å². The normalized spacial score (nSPS) is 13.3. The van der Waals surface area contributed by atoms with Gasteiger partial charge in [0.25, 0.3) is 0 Å². The van der Waals surface area contributed by atoms with Crippen LogP contribution in [0.4, 0.5) is 0 Å². The Labute approximate surface area is 102 Å². The van der Waals surface area contributed by atoms with E-state index >= 15 is 0 Å². The molecule has 1 unspecified atom stereocenters. The highest BCUT2D eigenvalue weighted by molar-refractivity contribution is 7.98. The van der Waals surface area contributed by atoms with Crippen molar-refractivity contribution in [2.24, 2.45) is 5.73 Å². The van der Waals surface area contributed by atoms with Crippen molar-refractivity contribution in [1.82, 2.24) is 10.1 Å². The molecular weight excluding hydrogens is 222 g/mol. The van der Waals surface area contributed by atoms with E-state index < -0.39 is 0 Å². The Hall–Kier alpha value is -0.520. The molecule has 1 atom stereocenters. The molecule has 1 heterocycles. The highest BCUT2D eigenvalue weighted by Gasteiger charge is 2.14. The molecule has 1 rings (SSSR count). The molecule has 0 saturated heterocycles. The summed E-state index contributed by atoms with van der Waals surface area (Å²) in [6.07, 6.45) is 3.28. The Morgan fingerprint density at radius 3 is 2.88 bits per heavy atom. The van der Waals surface area contributed by atoms with Crippen LogP contribution in [0.2, 0.25) is 0 Å². The van der Waals surface area contributed by atoms with Crippen molar-refractivity contribution in [2.75, 3.05) is 19.1 Å². The van der Waals surface area contributed by atoms with E-state index in [1.165, 1.54) is 0 Å². The first-order chi connectivity index (χ1) is 7.71. The van der Waals surface area contributed by atoms with Crippen molar-refractivity contribution < 1.29 is 4.52 Å². The smallest absolute Gasteiger partial charge is 0.151 e. The van der Waals surface area contributed by atoms with Crippen LogP contribution < -0.4 is 5.73 Å². The van der Waals surface area contributed by atoms with E-state index in [2.05, 4.69) is 30.3 Å². The number of thioether (sulfide) groups is 1. The molecule has 1 aromatic rings. The molecule has 2 N–H and O–H groups in total. The predicted molar refractivity (Wildman–Crippen MR) is 68.3 cm³/mol. The molecule has 92 valence electrons. The van der Waals surface area contributed by atoms with Gasteiger partial charge in [-0.2, -0.15) is 11.8 Å². The van der Waals surface area contributed by atoms with Crippen LogP contribution in [0.15, 0.2) is 10.6 Å². The Morgan fingerprint density at radius 2 is 2.38 bits per heavy atom. The molecular formula is C11H21N3OS. The van der Waals surface area contributed by atoms with Gasteiger partial charge in [0.05, 0.1) is 12.2 Å². The van der Waals surface area contributed by atoms with Crippen LogP contribution >= 0.6 is 11.8 Å². The lowest BCUT2D eigenvalue weighted by Gasteiger charge is -2.25. The largest absolute Gasteiger partial charge is 0.360 e. The van der Waals surface area contributed by atoms with Gasteiger partial charge >= 0.3 is 0 Å². The van der Waals surface area contributed by atoms with Crippen LogP contribution in [-0.2, 0) is 13.1 Å². The maximum Gasteiger partial charge on any atom is 0.151 e. The quantitative estimate of drug-likeness (QED) is 0.790. The van der Waals surface area contributed by atoms with Crippen LogP contribution in [0, 0.1) is 0 Å². The fourth-order valence-corrected chi connectivity index (χ4v) is 2.53. The number of hydrogen-bond donors (Lipinski definition) is 1. The van der Waals surface area contributed by atoms with Gasteiger partial charge in [0.15, 0.2) is 5.76 Å². The van der Waals surface area contributed by atoms with Crippen molar-refractivity contribution in [2.45, 2.75) is 32.5 Å². The van der Waals surface area contributed by atoms with Gasteiger partial charge in [0.2, 0.25) is 0 Å². The molecule has 16 heavy (non-hydrogen) atoms. The topological polar surface area (TPSA) is 55.3 Å². The molecule has 0 aliphatic heterocycles. The molecule has 0 aliphatic rings. The molecule has 0 amide bonds. The fraction of sp³-hybridized carbons (Fsp3) is 0.727. The lowest BCUT2D eigenvalue weighted by atomic mass is 10.2. The van der Waals surface area contributed by atoms with Gasteiger partial charge in [-0.25, -0.2) is 0 Å². The third-order valence-corrected chi connectivity index (χ3v) is 3.39. The third-order valence-electron chi connectivity index (χ3n) is 2.68. The van der Waals surface area contributed by atoms with Crippen LogP contribution in [0.25, 0.3) is 0 Å². The summed E-state index contributed by atoms with van der Waals surface area (Å²) in [6, 6.07) is 2.52. The van der Waals surface area contributed by atoms with Crippen LogP contribution in [0.1, 0.15) is 24.8 Å². The Morgan fingerprint density at radius 1 is 1.62 bits per heavy atom. The van der Waals surface area contributed by atoms with E-state index in [0.717, 1.165) is 30.2 Å². The van der Waals surface area contributed by atoms with Gasteiger partial charge in [-0.15, -0.1) is 0 Å².